The first-order valence-corrected chi connectivity index (χ1v) is 9.00. The molecule has 1 aromatic carbocycles. The summed E-state index contributed by atoms with van der Waals surface area (Å²) >= 11 is 0. The number of aliphatic hydroxyl groups is 1. The van der Waals surface area contributed by atoms with Crippen molar-refractivity contribution in [3.63, 3.8) is 0 Å². The first-order chi connectivity index (χ1) is 11.4. The van der Waals surface area contributed by atoms with Gasteiger partial charge in [-0.15, -0.1) is 0 Å². The largest absolute Gasteiger partial charge is 0.465 e. The zero-order valence-corrected chi connectivity index (χ0v) is 15.0. The van der Waals surface area contributed by atoms with Gasteiger partial charge in [0.25, 0.3) is 0 Å². The SMILES string of the molecule is COC(=O)c1ccc(C(O)C2CCC3=C(C2)C(C)(C)CCC3)cc1. The predicted molar refractivity (Wildman–Crippen MR) is 94.7 cm³/mol. The quantitative estimate of drug-likeness (QED) is 0.639. The Morgan fingerprint density at radius 1 is 1.25 bits per heavy atom. The molecule has 24 heavy (non-hydrogen) atoms. The van der Waals surface area contributed by atoms with Gasteiger partial charge in [-0.2, -0.15) is 0 Å². The summed E-state index contributed by atoms with van der Waals surface area (Å²) in [7, 11) is 1.38. The third kappa shape index (κ3) is 3.27. The first kappa shape index (κ1) is 17.2. The van der Waals surface area contributed by atoms with Crippen molar-refractivity contribution in [2.75, 3.05) is 7.11 Å². The number of ether oxygens (including phenoxy) is 1. The Hall–Kier alpha value is -1.61. The number of carbonyl (C=O) groups is 1. The van der Waals surface area contributed by atoms with Crippen LogP contribution in [-0.2, 0) is 4.74 Å². The van der Waals surface area contributed by atoms with Crippen LogP contribution in [0.4, 0.5) is 0 Å². The fraction of sp³-hybridized carbons (Fsp3) is 0.571. The van der Waals surface area contributed by atoms with Gasteiger partial charge >= 0.3 is 5.97 Å². The minimum atomic E-state index is -0.469. The zero-order valence-electron chi connectivity index (χ0n) is 15.0. The molecular formula is C21H28O3. The van der Waals surface area contributed by atoms with Crippen molar-refractivity contribution in [3.05, 3.63) is 46.5 Å². The lowest BCUT2D eigenvalue weighted by Crippen LogP contribution is -2.28. The maximum Gasteiger partial charge on any atom is 0.337 e. The molecule has 0 fully saturated rings. The maximum atomic E-state index is 11.5. The van der Waals surface area contributed by atoms with Crippen LogP contribution in [0.1, 0.15) is 74.4 Å². The van der Waals surface area contributed by atoms with E-state index in [9.17, 15) is 9.90 Å². The van der Waals surface area contributed by atoms with E-state index < -0.39 is 6.10 Å². The number of carbonyl (C=O) groups excluding carboxylic acids is 1. The Morgan fingerprint density at radius 2 is 1.96 bits per heavy atom. The maximum absolute atomic E-state index is 11.5. The van der Waals surface area contributed by atoms with Crippen LogP contribution >= 0.6 is 0 Å². The molecule has 0 radical (unpaired) electrons. The van der Waals surface area contributed by atoms with E-state index in [0.29, 0.717) is 5.56 Å². The van der Waals surface area contributed by atoms with E-state index in [1.54, 1.807) is 23.3 Å². The van der Waals surface area contributed by atoms with Gasteiger partial charge in [0.15, 0.2) is 0 Å². The summed E-state index contributed by atoms with van der Waals surface area (Å²) < 4.78 is 4.73. The van der Waals surface area contributed by atoms with Crippen LogP contribution in [0.3, 0.4) is 0 Å². The van der Waals surface area contributed by atoms with Gasteiger partial charge in [0.05, 0.1) is 18.8 Å². The molecule has 0 aromatic heterocycles. The molecule has 0 saturated carbocycles. The number of methoxy groups -OCH3 is 1. The number of esters is 1. The molecule has 3 rings (SSSR count). The minimum absolute atomic E-state index is 0.269. The highest BCUT2D eigenvalue weighted by Gasteiger charge is 2.36. The number of benzene rings is 1. The number of hydrogen-bond acceptors (Lipinski definition) is 3. The van der Waals surface area contributed by atoms with E-state index in [-0.39, 0.29) is 17.3 Å². The molecule has 3 nitrogen and oxygen atoms in total. The first-order valence-electron chi connectivity index (χ1n) is 9.00. The molecule has 2 aliphatic rings. The number of rotatable bonds is 3. The van der Waals surface area contributed by atoms with Crippen LogP contribution in [0, 0.1) is 11.3 Å². The fourth-order valence-corrected chi connectivity index (χ4v) is 4.42. The van der Waals surface area contributed by atoms with Gasteiger partial charge in [0.1, 0.15) is 0 Å². The van der Waals surface area contributed by atoms with Crippen LogP contribution in [0.2, 0.25) is 0 Å². The van der Waals surface area contributed by atoms with E-state index in [0.717, 1.165) is 24.8 Å². The van der Waals surface area contributed by atoms with Crippen LogP contribution in [-0.4, -0.2) is 18.2 Å². The van der Waals surface area contributed by atoms with Crippen molar-refractivity contribution in [1.82, 2.24) is 0 Å². The summed E-state index contributed by atoms with van der Waals surface area (Å²) in [5.74, 6) is -0.0717. The second kappa shape index (κ2) is 6.72. The number of allylic oxidation sites excluding steroid dienone is 2. The smallest absolute Gasteiger partial charge is 0.337 e. The van der Waals surface area contributed by atoms with Crippen molar-refractivity contribution >= 4 is 5.97 Å². The summed E-state index contributed by atoms with van der Waals surface area (Å²) in [4.78, 5) is 11.5. The Labute approximate surface area is 144 Å². The lowest BCUT2D eigenvalue weighted by Gasteiger charge is -2.41. The average molecular weight is 328 g/mol. The molecule has 2 unspecified atom stereocenters. The van der Waals surface area contributed by atoms with Gasteiger partial charge in [0.2, 0.25) is 0 Å². The summed E-state index contributed by atoms with van der Waals surface area (Å²) in [5.41, 5.74) is 4.94. The molecule has 3 heteroatoms. The minimum Gasteiger partial charge on any atom is -0.465 e. The average Bonchev–Trinajstić information content (AvgIpc) is 2.60. The Kier molecular flexibility index (Phi) is 4.82. The summed E-state index contributed by atoms with van der Waals surface area (Å²) in [6.07, 6.45) is 6.51. The van der Waals surface area contributed by atoms with Crippen LogP contribution < -0.4 is 0 Å². The molecule has 130 valence electrons. The monoisotopic (exact) mass is 328 g/mol. The highest BCUT2D eigenvalue weighted by Crippen LogP contribution is 2.49. The molecule has 2 aliphatic carbocycles. The van der Waals surface area contributed by atoms with Crippen LogP contribution in [0.15, 0.2) is 35.4 Å². The van der Waals surface area contributed by atoms with Gasteiger partial charge in [-0.1, -0.05) is 37.1 Å². The summed E-state index contributed by atoms with van der Waals surface area (Å²) in [5, 5.41) is 10.9. The molecule has 1 aromatic rings. The number of aliphatic hydroxyl groups excluding tert-OH is 1. The van der Waals surface area contributed by atoms with E-state index in [1.807, 2.05) is 12.1 Å². The second-order valence-electron chi connectivity index (χ2n) is 7.88. The van der Waals surface area contributed by atoms with Gasteiger partial charge < -0.3 is 9.84 Å². The molecular weight excluding hydrogens is 300 g/mol. The number of hydrogen-bond donors (Lipinski definition) is 1. The lowest BCUT2D eigenvalue weighted by atomic mass is 9.64. The van der Waals surface area contributed by atoms with Crippen molar-refractivity contribution in [2.45, 2.75) is 58.5 Å². The predicted octanol–water partition coefficient (Wildman–Crippen LogP) is 4.81. The molecule has 0 saturated heterocycles. The van der Waals surface area contributed by atoms with Gasteiger partial charge in [-0.05, 0) is 67.6 Å². The van der Waals surface area contributed by atoms with Crippen molar-refractivity contribution in [2.24, 2.45) is 11.3 Å². The molecule has 0 bridgehead atoms. The van der Waals surface area contributed by atoms with E-state index in [1.165, 1.54) is 26.4 Å². The standard InChI is InChI=1S/C21H28O3/c1-21(2)12-4-5-14-6-11-17(13-18(14)21)19(22)15-7-9-16(10-8-15)20(23)24-3/h7-10,17,19,22H,4-6,11-13H2,1-3H3. The third-order valence-electron chi connectivity index (χ3n) is 5.93. The fourth-order valence-electron chi connectivity index (χ4n) is 4.42. The molecule has 0 heterocycles. The molecule has 0 amide bonds. The van der Waals surface area contributed by atoms with E-state index in [2.05, 4.69) is 13.8 Å². The van der Waals surface area contributed by atoms with E-state index >= 15 is 0 Å². The Balaban J connectivity index is 1.75. The van der Waals surface area contributed by atoms with Crippen molar-refractivity contribution in [3.8, 4) is 0 Å². The van der Waals surface area contributed by atoms with E-state index in [4.69, 9.17) is 4.74 Å². The topological polar surface area (TPSA) is 46.5 Å². The summed E-state index contributed by atoms with van der Waals surface area (Å²) in [6, 6.07) is 7.19. The van der Waals surface area contributed by atoms with Gasteiger partial charge in [0, 0.05) is 0 Å². The van der Waals surface area contributed by atoms with Crippen molar-refractivity contribution in [1.29, 1.82) is 0 Å². The molecule has 0 aliphatic heterocycles. The normalized spacial score (nSPS) is 24.2. The Morgan fingerprint density at radius 3 is 2.62 bits per heavy atom. The zero-order chi connectivity index (χ0) is 17.3. The molecule has 0 spiro atoms. The van der Waals surface area contributed by atoms with Crippen LogP contribution in [0.25, 0.3) is 0 Å². The van der Waals surface area contributed by atoms with Gasteiger partial charge in [-0.25, -0.2) is 4.79 Å². The summed E-state index contributed by atoms with van der Waals surface area (Å²) in [6.45, 7) is 4.70. The third-order valence-corrected chi connectivity index (χ3v) is 5.93. The second-order valence-corrected chi connectivity index (χ2v) is 7.88. The highest BCUT2D eigenvalue weighted by molar-refractivity contribution is 5.89. The van der Waals surface area contributed by atoms with Crippen LogP contribution in [0.5, 0.6) is 0 Å². The molecule has 2 atom stereocenters. The van der Waals surface area contributed by atoms with Gasteiger partial charge in [-0.3, -0.25) is 0 Å². The lowest BCUT2D eigenvalue weighted by molar-refractivity contribution is 0.0600. The highest BCUT2D eigenvalue weighted by atomic mass is 16.5. The Bertz CT molecular complexity index is 640. The molecule has 1 N–H and O–H groups in total. The van der Waals surface area contributed by atoms with Crippen molar-refractivity contribution < 1.29 is 14.6 Å².